The molecule has 0 aromatic rings. The van der Waals surface area contributed by atoms with Gasteiger partial charge in [0.25, 0.3) is 0 Å². The number of hydrogen-bond donors (Lipinski definition) is 1. The van der Waals surface area contributed by atoms with Crippen LogP contribution in [0.4, 0.5) is 13.2 Å². The van der Waals surface area contributed by atoms with Crippen LogP contribution in [0.1, 0.15) is 13.3 Å². The molecule has 0 radical (unpaired) electrons. The summed E-state index contributed by atoms with van der Waals surface area (Å²) in [5.41, 5.74) is 5.44. The van der Waals surface area contributed by atoms with E-state index in [-0.39, 0.29) is 12.6 Å². The first-order valence-corrected chi connectivity index (χ1v) is 4.91. The standard InChI is InChI=1S/C9H19F3N2O/c1-8(6-13)14(2)4-3-5-15-7-9(10,11)12/h8H,3-7,13H2,1-2H3. The predicted molar refractivity (Wildman–Crippen MR) is 52.6 cm³/mol. The number of ether oxygens (including phenoxy) is 1. The molecule has 0 saturated heterocycles. The quantitative estimate of drug-likeness (QED) is 0.666. The third kappa shape index (κ3) is 8.65. The van der Waals surface area contributed by atoms with Crippen molar-refractivity contribution in [2.75, 3.05) is 33.4 Å². The van der Waals surface area contributed by atoms with Gasteiger partial charge in [-0.15, -0.1) is 0 Å². The van der Waals surface area contributed by atoms with E-state index in [0.717, 1.165) is 0 Å². The molecule has 0 aliphatic rings. The minimum atomic E-state index is -4.23. The van der Waals surface area contributed by atoms with Crippen molar-refractivity contribution in [2.24, 2.45) is 5.73 Å². The summed E-state index contributed by atoms with van der Waals surface area (Å²) in [7, 11) is 1.89. The van der Waals surface area contributed by atoms with Gasteiger partial charge in [0.2, 0.25) is 0 Å². The minimum Gasteiger partial charge on any atom is -0.372 e. The second-order valence-corrected chi connectivity index (χ2v) is 3.59. The van der Waals surface area contributed by atoms with Gasteiger partial charge in [-0.3, -0.25) is 0 Å². The highest BCUT2D eigenvalue weighted by molar-refractivity contribution is 4.63. The van der Waals surface area contributed by atoms with Crippen molar-refractivity contribution in [2.45, 2.75) is 25.6 Å². The average molecular weight is 228 g/mol. The van der Waals surface area contributed by atoms with E-state index >= 15 is 0 Å². The highest BCUT2D eigenvalue weighted by atomic mass is 19.4. The maximum absolute atomic E-state index is 11.7. The summed E-state index contributed by atoms with van der Waals surface area (Å²) in [6.07, 6.45) is -3.65. The first-order valence-electron chi connectivity index (χ1n) is 4.91. The predicted octanol–water partition coefficient (Wildman–Crippen LogP) is 1.23. The highest BCUT2D eigenvalue weighted by Crippen LogP contribution is 2.14. The lowest BCUT2D eigenvalue weighted by molar-refractivity contribution is -0.174. The molecule has 1 unspecified atom stereocenters. The molecule has 0 aromatic carbocycles. The van der Waals surface area contributed by atoms with Gasteiger partial charge in [-0.05, 0) is 20.4 Å². The van der Waals surface area contributed by atoms with E-state index in [1.165, 1.54) is 0 Å². The lowest BCUT2D eigenvalue weighted by Crippen LogP contribution is -2.36. The number of alkyl halides is 3. The summed E-state index contributed by atoms with van der Waals surface area (Å²) in [6.45, 7) is 2.16. The van der Waals surface area contributed by atoms with Crippen LogP contribution in [0.25, 0.3) is 0 Å². The summed E-state index contributed by atoms with van der Waals surface area (Å²) < 4.78 is 39.5. The van der Waals surface area contributed by atoms with E-state index in [4.69, 9.17) is 5.73 Å². The van der Waals surface area contributed by atoms with Crippen molar-refractivity contribution >= 4 is 0 Å². The summed E-state index contributed by atoms with van der Waals surface area (Å²) in [4.78, 5) is 2.00. The summed E-state index contributed by atoms with van der Waals surface area (Å²) in [6, 6.07) is 0.243. The Hall–Kier alpha value is -0.330. The van der Waals surface area contributed by atoms with Gasteiger partial charge in [-0.25, -0.2) is 0 Å². The maximum Gasteiger partial charge on any atom is 0.411 e. The van der Waals surface area contributed by atoms with Crippen molar-refractivity contribution in [3.05, 3.63) is 0 Å². The first-order chi connectivity index (χ1) is 6.87. The first kappa shape index (κ1) is 14.7. The number of likely N-dealkylation sites (N-methyl/N-ethyl adjacent to an activating group) is 1. The molecular weight excluding hydrogens is 209 g/mol. The molecule has 92 valence electrons. The molecular formula is C9H19F3N2O. The molecule has 0 aromatic heterocycles. The van der Waals surface area contributed by atoms with Crippen molar-refractivity contribution in [1.82, 2.24) is 4.90 Å². The normalized spacial score (nSPS) is 14.6. The third-order valence-corrected chi connectivity index (χ3v) is 2.16. The van der Waals surface area contributed by atoms with Crippen molar-refractivity contribution in [1.29, 1.82) is 0 Å². The summed E-state index contributed by atoms with van der Waals surface area (Å²) in [5.74, 6) is 0. The average Bonchev–Trinajstić information content (AvgIpc) is 2.14. The maximum atomic E-state index is 11.7. The van der Waals surface area contributed by atoms with Gasteiger partial charge in [-0.2, -0.15) is 13.2 Å². The molecule has 0 amide bonds. The molecule has 15 heavy (non-hydrogen) atoms. The van der Waals surface area contributed by atoms with Crippen LogP contribution in [0.5, 0.6) is 0 Å². The van der Waals surface area contributed by atoms with Crippen LogP contribution in [-0.4, -0.2) is 50.5 Å². The second-order valence-electron chi connectivity index (χ2n) is 3.59. The van der Waals surface area contributed by atoms with Gasteiger partial charge >= 0.3 is 6.18 Å². The molecule has 1 atom stereocenters. The van der Waals surface area contributed by atoms with Gasteiger partial charge in [0.1, 0.15) is 6.61 Å². The third-order valence-electron chi connectivity index (χ3n) is 2.16. The molecule has 0 fully saturated rings. The smallest absolute Gasteiger partial charge is 0.372 e. The van der Waals surface area contributed by atoms with Gasteiger partial charge in [0.15, 0.2) is 0 Å². The number of halogens is 3. The Morgan fingerprint density at radius 3 is 2.47 bits per heavy atom. The molecule has 3 nitrogen and oxygen atoms in total. The molecule has 0 heterocycles. The van der Waals surface area contributed by atoms with E-state index in [1.807, 2.05) is 18.9 Å². The summed E-state index contributed by atoms with van der Waals surface area (Å²) >= 11 is 0. The van der Waals surface area contributed by atoms with E-state index < -0.39 is 12.8 Å². The fourth-order valence-corrected chi connectivity index (χ4v) is 1.00. The topological polar surface area (TPSA) is 38.5 Å². The number of rotatable bonds is 7. The lowest BCUT2D eigenvalue weighted by Gasteiger charge is -2.23. The zero-order chi connectivity index (χ0) is 11.9. The molecule has 0 aliphatic heterocycles. The van der Waals surface area contributed by atoms with Gasteiger partial charge < -0.3 is 15.4 Å². The van der Waals surface area contributed by atoms with Crippen LogP contribution in [0.2, 0.25) is 0 Å². The van der Waals surface area contributed by atoms with E-state index in [0.29, 0.717) is 19.5 Å². The monoisotopic (exact) mass is 228 g/mol. The Morgan fingerprint density at radius 2 is 2.00 bits per heavy atom. The second kappa shape index (κ2) is 7.03. The molecule has 2 N–H and O–H groups in total. The Kier molecular flexibility index (Phi) is 6.87. The van der Waals surface area contributed by atoms with Gasteiger partial charge in [-0.1, -0.05) is 0 Å². The Morgan fingerprint density at radius 1 is 1.40 bits per heavy atom. The van der Waals surface area contributed by atoms with E-state index in [9.17, 15) is 13.2 Å². The fourth-order valence-electron chi connectivity index (χ4n) is 1.00. The van der Waals surface area contributed by atoms with Crippen molar-refractivity contribution < 1.29 is 17.9 Å². The van der Waals surface area contributed by atoms with Crippen molar-refractivity contribution in [3.63, 3.8) is 0 Å². The van der Waals surface area contributed by atoms with Gasteiger partial charge in [0.05, 0.1) is 0 Å². The SMILES string of the molecule is CC(CN)N(C)CCCOCC(F)(F)F. The lowest BCUT2D eigenvalue weighted by atomic mass is 10.3. The molecule has 0 spiro atoms. The fraction of sp³-hybridized carbons (Fsp3) is 1.00. The molecule has 0 bridgehead atoms. The molecule has 6 heteroatoms. The van der Waals surface area contributed by atoms with E-state index in [2.05, 4.69) is 4.74 Å². The Bertz CT molecular complexity index is 164. The largest absolute Gasteiger partial charge is 0.411 e. The van der Waals surface area contributed by atoms with Crippen LogP contribution in [0, 0.1) is 0 Å². The van der Waals surface area contributed by atoms with Gasteiger partial charge in [0, 0.05) is 25.7 Å². The molecule has 0 saturated carbocycles. The van der Waals surface area contributed by atoms with Crippen molar-refractivity contribution in [3.8, 4) is 0 Å². The summed E-state index contributed by atoms with van der Waals surface area (Å²) in [5, 5.41) is 0. The number of nitrogens with zero attached hydrogens (tertiary/aromatic N) is 1. The zero-order valence-corrected chi connectivity index (χ0v) is 9.18. The van der Waals surface area contributed by atoms with Crippen LogP contribution >= 0.6 is 0 Å². The van der Waals surface area contributed by atoms with Crippen LogP contribution < -0.4 is 5.73 Å². The Balaban J connectivity index is 3.39. The highest BCUT2D eigenvalue weighted by Gasteiger charge is 2.27. The number of nitrogens with two attached hydrogens (primary N) is 1. The van der Waals surface area contributed by atoms with E-state index in [1.54, 1.807) is 0 Å². The Labute approximate surface area is 88.4 Å². The van der Waals surface area contributed by atoms with Crippen LogP contribution in [0.15, 0.2) is 0 Å². The van der Waals surface area contributed by atoms with Crippen LogP contribution in [-0.2, 0) is 4.74 Å². The minimum absolute atomic E-state index is 0.126. The van der Waals surface area contributed by atoms with Crippen LogP contribution in [0.3, 0.4) is 0 Å². The molecule has 0 aliphatic carbocycles. The molecule has 0 rings (SSSR count). The number of hydrogen-bond acceptors (Lipinski definition) is 3. The zero-order valence-electron chi connectivity index (χ0n) is 9.18.